The van der Waals surface area contributed by atoms with E-state index in [-0.39, 0.29) is 0 Å². The Balaban J connectivity index is 1.19. The number of fused-ring (bicyclic) bond motifs is 11. The van der Waals surface area contributed by atoms with Gasteiger partial charge in [0.1, 0.15) is 11.5 Å². The average Bonchev–Trinajstić information content (AvgIpc) is 3.32. The Labute approximate surface area is 352 Å². The lowest BCUT2D eigenvalue weighted by molar-refractivity contribution is 0.487. The summed E-state index contributed by atoms with van der Waals surface area (Å²) in [6, 6.07) is 85.7. The van der Waals surface area contributed by atoms with E-state index in [1.54, 1.807) is 0 Å². The summed E-state index contributed by atoms with van der Waals surface area (Å²) < 4.78 is 6.83. The van der Waals surface area contributed by atoms with Crippen LogP contribution in [0.4, 0.5) is 17.1 Å². The molecule has 281 valence electrons. The zero-order valence-corrected chi connectivity index (χ0v) is 34.8. The smallest absolute Gasteiger partial charge is 0.188 e. The van der Waals surface area contributed by atoms with Gasteiger partial charge in [0.2, 0.25) is 0 Å². The van der Waals surface area contributed by atoms with Gasteiger partial charge in [-0.1, -0.05) is 204 Å². The van der Waals surface area contributed by atoms with Crippen molar-refractivity contribution in [3.63, 3.8) is 0 Å². The standard InChI is InChI=1S/C56H38NOSi2/c1-3-17-39(18-4-1)40-31-33-42(34-32-40)57(48-37-41-19-7-8-22-45(41)46-23-9-10-24-47(46)48)43-35-36-52-56(38-43)60(53-28-14-11-25-49(53)58-50-26-12-15-29-54(50)60)55-30-16-13-27-51(55)59(52)44-20-5-2-6-21-44/h1-38H. The van der Waals surface area contributed by atoms with E-state index in [0.29, 0.717) is 0 Å². The molecule has 60 heavy (non-hydrogen) atoms. The molecule has 2 heterocycles. The molecule has 1 radical (unpaired) electrons. The summed E-state index contributed by atoms with van der Waals surface area (Å²) in [5.41, 5.74) is 5.82. The van der Waals surface area contributed by atoms with E-state index < -0.39 is 16.9 Å². The lowest BCUT2D eigenvalue weighted by Gasteiger charge is -2.46. The van der Waals surface area contributed by atoms with Crippen LogP contribution in [0, 0.1) is 0 Å². The lowest BCUT2D eigenvalue weighted by Crippen LogP contribution is -2.87. The Morgan fingerprint density at radius 3 is 1.63 bits per heavy atom. The largest absolute Gasteiger partial charge is 0.458 e. The zero-order valence-electron chi connectivity index (χ0n) is 32.8. The summed E-state index contributed by atoms with van der Waals surface area (Å²) >= 11 is 0. The summed E-state index contributed by atoms with van der Waals surface area (Å²) in [5, 5.41) is 14.8. The molecule has 2 aliphatic heterocycles. The minimum atomic E-state index is -2.98. The first-order chi connectivity index (χ1) is 29.8. The quantitative estimate of drug-likeness (QED) is 0.127. The number of anilines is 3. The van der Waals surface area contributed by atoms with Crippen LogP contribution in [-0.2, 0) is 0 Å². The first-order valence-electron chi connectivity index (χ1n) is 20.7. The monoisotopic (exact) mass is 796 g/mol. The van der Waals surface area contributed by atoms with Crippen LogP contribution >= 0.6 is 0 Å². The first kappa shape index (κ1) is 34.8. The minimum Gasteiger partial charge on any atom is -0.458 e. The topological polar surface area (TPSA) is 12.5 Å². The van der Waals surface area contributed by atoms with E-state index >= 15 is 0 Å². The van der Waals surface area contributed by atoms with Gasteiger partial charge in [-0.25, -0.2) is 0 Å². The number of ether oxygens (including phenoxy) is 1. The number of hydrogen-bond acceptors (Lipinski definition) is 2. The van der Waals surface area contributed by atoms with Gasteiger partial charge in [0.25, 0.3) is 0 Å². The van der Waals surface area contributed by atoms with Gasteiger partial charge in [-0.2, -0.15) is 0 Å². The Bertz CT molecular complexity index is 3210. The second-order valence-corrected chi connectivity index (χ2v) is 21.8. The molecular formula is C56H38NOSi2. The predicted molar refractivity (Wildman–Crippen MR) is 256 cm³/mol. The molecule has 2 nitrogen and oxygen atoms in total. The van der Waals surface area contributed by atoms with Gasteiger partial charge in [-0.05, 0) is 90.5 Å². The average molecular weight is 797 g/mol. The summed E-state index contributed by atoms with van der Waals surface area (Å²) in [6.07, 6.45) is 0. The second kappa shape index (κ2) is 14.0. The highest BCUT2D eigenvalue weighted by atomic mass is 28.3. The molecule has 0 fully saturated rings. The third-order valence-electron chi connectivity index (χ3n) is 12.6. The van der Waals surface area contributed by atoms with Gasteiger partial charge in [-0.3, -0.25) is 0 Å². The Morgan fingerprint density at radius 2 is 0.900 bits per heavy atom. The maximum Gasteiger partial charge on any atom is 0.188 e. The summed E-state index contributed by atoms with van der Waals surface area (Å²) in [6.45, 7) is 0. The molecule has 0 bridgehead atoms. The molecule has 0 saturated carbocycles. The molecule has 1 spiro atoms. The number of para-hydroxylation sites is 2. The van der Waals surface area contributed by atoms with Crippen molar-refractivity contribution in [2.24, 2.45) is 0 Å². The third-order valence-corrected chi connectivity index (χ3v) is 20.9. The fourth-order valence-corrected chi connectivity index (χ4v) is 19.7. The highest BCUT2D eigenvalue weighted by molar-refractivity contribution is 7.27. The highest BCUT2D eigenvalue weighted by Crippen LogP contribution is 2.42. The molecule has 0 atom stereocenters. The van der Waals surface area contributed by atoms with Crippen molar-refractivity contribution in [1.82, 2.24) is 0 Å². The predicted octanol–water partition coefficient (Wildman–Crippen LogP) is 9.44. The van der Waals surface area contributed by atoms with Crippen LogP contribution in [0.15, 0.2) is 231 Å². The van der Waals surface area contributed by atoms with Crippen LogP contribution in [-0.4, -0.2) is 16.9 Å². The molecule has 4 heteroatoms. The number of benzene rings is 10. The van der Waals surface area contributed by atoms with Crippen molar-refractivity contribution in [2.45, 2.75) is 0 Å². The SMILES string of the molecule is c1ccc(-c2ccc(N(c3ccc4c(c3)[Si]3(c5ccccc5Oc5ccccc53)c3ccccc3[Si]4c3ccccc3)c3cc4ccccc4c4ccccc34)cc2)cc1. The normalized spacial score (nSPS) is 13.5. The fraction of sp³-hybridized carbons (Fsp3) is 0. The van der Waals surface area contributed by atoms with E-state index in [0.717, 1.165) is 28.6 Å². The van der Waals surface area contributed by atoms with Crippen LogP contribution in [0.1, 0.15) is 0 Å². The van der Waals surface area contributed by atoms with Gasteiger partial charge in [0.05, 0.1) is 5.69 Å². The second-order valence-electron chi connectivity index (χ2n) is 15.8. The Kier molecular flexibility index (Phi) is 8.08. The first-order valence-corrected chi connectivity index (χ1v) is 24.2. The van der Waals surface area contributed by atoms with Crippen molar-refractivity contribution in [2.75, 3.05) is 4.90 Å². The van der Waals surface area contributed by atoms with Crippen molar-refractivity contribution in [1.29, 1.82) is 0 Å². The lowest BCUT2D eigenvalue weighted by atomic mass is 9.98. The molecule has 12 rings (SSSR count). The van der Waals surface area contributed by atoms with Crippen molar-refractivity contribution in [3.8, 4) is 22.6 Å². The molecule has 0 amide bonds. The van der Waals surface area contributed by atoms with Crippen LogP contribution in [0.5, 0.6) is 11.5 Å². The van der Waals surface area contributed by atoms with Gasteiger partial charge < -0.3 is 9.64 Å². The van der Waals surface area contributed by atoms with Gasteiger partial charge in [0, 0.05) is 16.8 Å². The summed E-state index contributed by atoms with van der Waals surface area (Å²) in [5.74, 6) is 1.91. The van der Waals surface area contributed by atoms with E-state index in [1.165, 1.54) is 69.0 Å². The van der Waals surface area contributed by atoms with Crippen LogP contribution in [0.25, 0.3) is 32.7 Å². The van der Waals surface area contributed by atoms with Crippen molar-refractivity contribution in [3.05, 3.63) is 231 Å². The highest BCUT2D eigenvalue weighted by Gasteiger charge is 2.54. The Hall–Kier alpha value is -7.25. The third kappa shape index (κ3) is 5.25. The van der Waals surface area contributed by atoms with Gasteiger partial charge >= 0.3 is 0 Å². The van der Waals surface area contributed by atoms with E-state index in [2.05, 4.69) is 235 Å². The molecule has 0 aliphatic carbocycles. The molecule has 2 aliphatic rings. The number of hydrogen-bond donors (Lipinski definition) is 0. The molecular weight excluding hydrogens is 759 g/mol. The van der Waals surface area contributed by atoms with Gasteiger partial charge in [-0.15, -0.1) is 0 Å². The van der Waals surface area contributed by atoms with Crippen LogP contribution < -0.4 is 45.9 Å². The number of nitrogens with zero attached hydrogens (tertiary/aromatic N) is 1. The van der Waals surface area contributed by atoms with Crippen molar-refractivity contribution >= 4 is 91.8 Å². The number of rotatable bonds is 5. The molecule has 10 aromatic carbocycles. The molecule has 0 N–H and O–H groups in total. The summed E-state index contributed by atoms with van der Waals surface area (Å²) in [4.78, 5) is 2.51. The summed E-state index contributed by atoms with van der Waals surface area (Å²) in [7, 11) is -4.39. The Morgan fingerprint density at radius 1 is 0.367 bits per heavy atom. The van der Waals surface area contributed by atoms with Crippen LogP contribution in [0.3, 0.4) is 0 Å². The molecule has 0 aromatic heterocycles. The van der Waals surface area contributed by atoms with Crippen LogP contribution in [0.2, 0.25) is 0 Å². The van der Waals surface area contributed by atoms with Crippen molar-refractivity contribution < 1.29 is 4.74 Å². The van der Waals surface area contributed by atoms with Gasteiger partial charge in [0.15, 0.2) is 16.9 Å². The maximum absolute atomic E-state index is 6.83. The van der Waals surface area contributed by atoms with E-state index in [9.17, 15) is 0 Å². The molecule has 0 saturated heterocycles. The fourth-order valence-electron chi connectivity index (χ4n) is 10.1. The van der Waals surface area contributed by atoms with E-state index in [1.807, 2.05) is 0 Å². The molecule has 0 unspecified atom stereocenters. The molecule has 10 aromatic rings. The zero-order chi connectivity index (χ0) is 39.6. The minimum absolute atomic E-state index is 0.957. The maximum atomic E-state index is 6.83. The van der Waals surface area contributed by atoms with E-state index in [4.69, 9.17) is 4.74 Å².